The molecule has 3 rings (SSSR count). The van der Waals surface area contributed by atoms with Gasteiger partial charge in [0.1, 0.15) is 6.10 Å². The lowest BCUT2D eigenvalue weighted by atomic mass is 9.80. The number of cyclic esters (lactones) is 1. The van der Waals surface area contributed by atoms with Crippen molar-refractivity contribution in [2.75, 3.05) is 13.2 Å². The number of nitrogens with two attached hydrogens (primary N) is 1. The Morgan fingerprint density at radius 3 is 3.00 bits per heavy atom. The van der Waals surface area contributed by atoms with Crippen molar-refractivity contribution in [3.05, 3.63) is 0 Å². The van der Waals surface area contributed by atoms with Crippen molar-refractivity contribution in [3.63, 3.8) is 0 Å². The Bertz CT molecular complexity index is 343. The Kier molecular flexibility index (Phi) is 2.17. The van der Waals surface area contributed by atoms with Crippen molar-refractivity contribution in [3.8, 4) is 0 Å². The number of fused-ring (bicyclic) bond motifs is 5. The van der Waals surface area contributed by atoms with Crippen LogP contribution in [-0.4, -0.2) is 31.2 Å². The molecule has 1 aliphatic heterocycles. The summed E-state index contributed by atoms with van der Waals surface area (Å²) in [6, 6.07) is 0. The quantitative estimate of drug-likeness (QED) is 0.652. The summed E-state index contributed by atoms with van der Waals surface area (Å²) in [7, 11) is 0. The molecule has 0 spiro atoms. The minimum absolute atomic E-state index is 0.0446. The molecule has 0 radical (unpaired) electrons. The Balaban J connectivity index is 1.72. The largest absolute Gasteiger partial charge is 0.465 e. The van der Waals surface area contributed by atoms with Crippen LogP contribution in [-0.2, 0) is 19.1 Å². The molecule has 3 aliphatic rings. The molecule has 0 aromatic heterocycles. The highest BCUT2D eigenvalue weighted by Gasteiger charge is 2.60. The van der Waals surface area contributed by atoms with Gasteiger partial charge in [-0.3, -0.25) is 9.59 Å². The van der Waals surface area contributed by atoms with E-state index in [1.165, 1.54) is 0 Å². The molecule has 1 saturated heterocycles. The summed E-state index contributed by atoms with van der Waals surface area (Å²) in [4.78, 5) is 22.6. The molecule has 5 heteroatoms. The number of carbonyl (C=O) groups excluding carboxylic acids is 2. The van der Waals surface area contributed by atoms with Gasteiger partial charge in [0.15, 0.2) is 0 Å². The molecule has 2 saturated carbocycles. The van der Waals surface area contributed by atoms with Crippen molar-refractivity contribution in [2.24, 2.45) is 29.4 Å². The predicted octanol–water partition coefficient (Wildman–Crippen LogP) is -0.314. The molecule has 2 N–H and O–H groups in total. The van der Waals surface area contributed by atoms with E-state index < -0.39 is 0 Å². The van der Waals surface area contributed by atoms with E-state index in [9.17, 15) is 9.59 Å². The molecular formula is C11H15NO4. The maximum Gasteiger partial charge on any atom is 0.319 e. The van der Waals surface area contributed by atoms with Crippen LogP contribution < -0.4 is 5.73 Å². The van der Waals surface area contributed by atoms with Crippen LogP contribution in [0, 0.1) is 23.7 Å². The van der Waals surface area contributed by atoms with E-state index in [2.05, 4.69) is 0 Å². The van der Waals surface area contributed by atoms with Crippen molar-refractivity contribution in [1.29, 1.82) is 0 Å². The topological polar surface area (TPSA) is 78.6 Å². The van der Waals surface area contributed by atoms with Crippen LogP contribution in [0.15, 0.2) is 0 Å². The summed E-state index contributed by atoms with van der Waals surface area (Å²) in [5, 5.41) is 0. The first-order valence-electron chi connectivity index (χ1n) is 5.77. The van der Waals surface area contributed by atoms with Gasteiger partial charge in [-0.25, -0.2) is 0 Å². The standard InChI is InChI=1S/C11H15NO4/c12-3-9(13)16-8-2-5-1-6(8)7-4-15-11(14)10(5)7/h5-8,10H,1-4,12H2. The summed E-state index contributed by atoms with van der Waals surface area (Å²) in [6.07, 6.45) is 1.75. The van der Waals surface area contributed by atoms with Crippen molar-refractivity contribution < 1.29 is 19.1 Å². The molecular weight excluding hydrogens is 210 g/mol. The SMILES string of the molecule is NCC(=O)OC1CC2CC1C1COC(=O)C21. The molecule has 0 aromatic carbocycles. The third kappa shape index (κ3) is 1.27. The van der Waals surface area contributed by atoms with Gasteiger partial charge in [-0.05, 0) is 18.8 Å². The van der Waals surface area contributed by atoms with Gasteiger partial charge >= 0.3 is 11.9 Å². The number of hydrogen-bond donors (Lipinski definition) is 1. The normalized spacial score (nSPS) is 44.3. The highest BCUT2D eigenvalue weighted by molar-refractivity contribution is 5.76. The van der Waals surface area contributed by atoms with Gasteiger partial charge in [-0.1, -0.05) is 0 Å². The fourth-order valence-corrected chi connectivity index (χ4v) is 3.65. The lowest BCUT2D eigenvalue weighted by molar-refractivity contribution is -0.151. The van der Waals surface area contributed by atoms with Gasteiger partial charge < -0.3 is 15.2 Å². The van der Waals surface area contributed by atoms with Gasteiger partial charge in [0, 0.05) is 11.8 Å². The number of hydrogen-bond acceptors (Lipinski definition) is 5. The maximum atomic E-state index is 11.5. The zero-order valence-corrected chi connectivity index (χ0v) is 8.93. The van der Waals surface area contributed by atoms with Gasteiger partial charge in [0.2, 0.25) is 0 Å². The van der Waals surface area contributed by atoms with Crippen LogP contribution >= 0.6 is 0 Å². The van der Waals surface area contributed by atoms with Crippen LogP contribution in [0.25, 0.3) is 0 Å². The molecule has 3 fully saturated rings. The van der Waals surface area contributed by atoms with Gasteiger partial charge in [-0.2, -0.15) is 0 Å². The maximum absolute atomic E-state index is 11.5. The van der Waals surface area contributed by atoms with Gasteiger partial charge in [0.05, 0.1) is 19.1 Å². The molecule has 16 heavy (non-hydrogen) atoms. The second kappa shape index (κ2) is 3.45. The molecule has 2 aliphatic carbocycles. The van der Waals surface area contributed by atoms with E-state index in [0.29, 0.717) is 18.4 Å². The average molecular weight is 225 g/mol. The van der Waals surface area contributed by atoms with Crippen LogP contribution in [0.2, 0.25) is 0 Å². The summed E-state index contributed by atoms with van der Waals surface area (Å²) in [6.45, 7) is 0.429. The van der Waals surface area contributed by atoms with E-state index in [1.807, 2.05) is 0 Å². The van der Waals surface area contributed by atoms with Crippen LogP contribution in [0.4, 0.5) is 0 Å². The first kappa shape index (κ1) is 10.1. The Labute approximate surface area is 93.3 Å². The lowest BCUT2D eigenvalue weighted by Crippen LogP contribution is -2.35. The van der Waals surface area contributed by atoms with E-state index >= 15 is 0 Å². The van der Waals surface area contributed by atoms with Crippen molar-refractivity contribution >= 4 is 11.9 Å². The van der Waals surface area contributed by atoms with E-state index in [-0.39, 0.29) is 36.4 Å². The second-order valence-electron chi connectivity index (χ2n) is 4.95. The first-order valence-corrected chi connectivity index (χ1v) is 5.77. The van der Waals surface area contributed by atoms with Gasteiger partial charge in [-0.15, -0.1) is 0 Å². The number of rotatable bonds is 2. The molecule has 0 amide bonds. The zero-order valence-electron chi connectivity index (χ0n) is 8.93. The molecule has 5 atom stereocenters. The van der Waals surface area contributed by atoms with E-state index in [1.54, 1.807) is 0 Å². The first-order chi connectivity index (χ1) is 7.70. The fourth-order valence-electron chi connectivity index (χ4n) is 3.65. The Hall–Kier alpha value is -1.10. The zero-order chi connectivity index (χ0) is 11.3. The minimum Gasteiger partial charge on any atom is -0.465 e. The van der Waals surface area contributed by atoms with E-state index in [0.717, 1.165) is 12.8 Å². The number of carbonyl (C=O) groups is 2. The summed E-state index contributed by atoms with van der Waals surface area (Å²) < 4.78 is 10.4. The molecule has 2 bridgehead atoms. The Morgan fingerprint density at radius 2 is 2.25 bits per heavy atom. The Morgan fingerprint density at radius 1 is 1.44 bits per heavy atom. The van der Waals surface area contributed by atoms with Crippen LogP contribution in [0.5, 0.6) is 0 Å². The smallest absolute Gasteiger partial charge is 0.319 e. The van der Waals surface area contributed by atoms with Crippen molar-refractivity contribution in [1.82, 2.24) is 0 Å². The monoisotopic (exact) mass is 225 g/mol. The minimum atomic E-state index is -0.348. The third-order valence-corrected chi connectivity index (χ3v) is 4.25. The summed E-state index contributed by atoms with van der Waals surface area (Å²) in [5.74, 6) is 0.581. The molecule has 88 valence electrons. The lowest BCUT2D eigenvalue weighted by Gasteiger charge is -2.28. The van der Waals surface area contributed by atoms with E-state index in [4.69, 9.17) is 15.2 Å². The second-order valence-corrected chi connectivity index (χ2v) is 4.95. The highest BCUT2D eigenvalue weighted by Crippen LogP contribution is 2.55. The average Bonchev–Trinajstić information content (AvgIpc) is 2.91. The number of esters is 2. The predicted molar refractivity (Wildman–Crippen MR) is 53.1 cm³/mol. The molecule has 5 unspecified atom stereocenters. The summed E-state index contributed by atoms with van der Waals surface area (Å²) >= 11 is 0. The van der Waals surface area contributed by atoms with Crippen LogP contribution in [0.1, 0.15) is 12.8 Å². The van der Waals surface area contributed by atoms with Gasteiger partial charge in [0.25, 0.3) is 0 Å². The molecule has 1 heterocycles. The molecule has 0 aromatic rings. The molecule has 5 nitrogen and oxygen atoms in total. The fraction of sp³-hybridized carbons (Fsp3) is 0.818. The summed E-state index contributed by atoms with van der Waals surface area (Å²) in [5.41, 5.74) is 5.22. The number of ether oxygens (including phenoxy) is 2. The van der Waals surface area contributed by atoms with Crippen LogP contribution in [0.3, 0.4) is 0 Å². The van der Waals surface area contributed by atoms with Crippen molar-refractivity contribution in [2.45, 2.75) is 18.9 Å². The highest BCUT2D eigenvalue weighted by atomic mass is 16.6. The third-order valence-electron chi connectivity index (χ3n) is 4.25.